The molecule has 2 aromatic rings. The number of benzene rings is 2. The lowest BCUT2D eigenvalue weighted by atomic mass is 10.00. The Morgan fingerprint density at radius 3 is 1.47 bits per heavy atom. The molecule has 0 N–H and O–H groups in total. The van der Waals surface area contributed by atoms with Gasteiger partial charge in [0, 0.05) is 11.1 Å². The molecule has 2 aliphatic rings. The van der Waals surface area contributed by atoms with Crippen molar-refractivity contribution in [2.75, 3.05) is 26.4 Å². The highest BCUT2D eigenvalue weighted by Crippen LogP contribution is 2.36. The van der Waals surface area contributed by atoms with E-state index < -0.39 is 24.8 Å². The first kappa shape index (κ1) is 22.9. The van der Waals surface area contributed by atoms with Gasteiger partial charge in [-0.2, -0.15) is 0 Å². The lowest BCUT2D eigenvalue weighted by Gasteiger charge is -2.45. The fourth-order valence-electron chi connectivity index (χ4n) is 3.91. The van der Waals surface area contributed by atoms with Crippen LogP contribution < -0.4 is 0 Å². The van der Waals surface area contributed by atoms with Crippen LogP contribution in [0.2, 0.25) is 0 Å². The van der Waals surface area contributed by atoms with Crippen LogP contribution in [0.5, 0.6) is 0 Å². The third-order valence-electron chi connectivity index (χ3n) is 5.44. The van der Waals surface area contributed by atoms with Gasteiger partial charge in [-0.25, -0.2) is 0 Å². The number of ether oxygens (including phenoxy) is 6. The van der Waals surface area contributed by atoms with Gasteiger partial charge in [0.2, 0.25) is 0 Å². The van der Waals surface area contributed by atoms with Crippen LogP contribution in [0.25, 0.3) is 0 Å². The Hall–Kier alpha value is -2.32. The zero-order valence-electron chi connectivity index (χ0n) is 18.1. The lowest BCUT2D eigenvalue weighted by Crippen LogP contribution is -2.57. The molecule has 2 fully saturated rings. The molecule has 2 saturated heterocycles. The first-order chi connectivity index (χ1) is 15.8. The van der Waals surface area contributed by atoms with E-state index in [1.807, 2.05) is 60.7 Å². The van der Waals surface area contributed by atoms with E-state index in [0.29, 0.717) is 26.4 Å². The minimum Gasteiger partial charge on any atom is -0.369 e. The van der Waals surface area contributed by atoms with Crippen LogP contribution in [0.3, 0.4) is 0 Å². The maximum Gasteiger partial charge on any atom is 0.184 e. The Morgan fingerprint density at radius 1 is 0.688 bits per heavy atom. The summed E-state index contributed by atoms with van der Waals surface area (Å²) in [4.78, 5) is 0. The van der Waals surface area contributed by atoms with Crippen LogP contribution in [-0.4, -0.2) is 50.8 Å². The van der Waals surface area contributed by atoms with Gasteiger partial charge in [-0.1, -0.05) is 72.8 Å². The van der Waals surface area contributed by atoms with Crippen molar-refractivity contribution in [2.24, 2.45) is 0 Å². The molecule has 0 radical (unpaired) electrons. The molecule has 0 aliphatic carbocycles. The average Bonchev–Trinajstić information content (AvgIpc) is 2.87. The molecule has 0 unspecified atom stereocenters. The summed E-state index contributed by atoms with van der Waals surface area (Å²) in [7, 11) is 0. The maximum absolute atomic E-state index is 6.45. The zero-order valence-corrected chi connectivity index (χ0v) is 18.1. The molecular weight excluding hydrogens is 408 g/mol. The van der Waals surface area contributed by atoms with Crippen LogP contribution in [0, 0.1) is 0 Å². The number of rotatable bonds is 9. The topological polar surface area (TPSA) is 55.4 Å². The second kappa shape index (κ2) is 11.5. The van der Waals surface area contributed by atoms with Gasteiger partial charge in [-0.3, -0.25) is 0 Å². The summed E-state index contributed by atoms with van der Waals surface area (Å²) in [5.74, 6) is 0. The summed E-state index contributed by atoms with van der Waals surface area (Å²) in [6.07, 6.45) is 0.827. The number of hydrogen-bond acceptors (Lipinski definition) is 6. The van der Waals surface area contributed by atoms with Gasteiger partial charge < -0.3 is 28.4 Å². The highest BCUT2D eigenvalue weighted by Gasteiger charge is 2.46. The minimum absolute atomic E-state index is 0.345. The molecule has 2 heterocycles. The van der Waals surface area contributed by atoms with Crippen molar-refractivity contribution in [1.29, 1.82) is 0 Å². The molecule has 32 heavy (non-hydrogen) atoms. The van der Waals surface area contributed by atoms with E-state index in [4.69, 9.17) is 28.4 Å². The minimum atomic E-state index is -0.522. The molecule has 6 nitrogen and oxygen atoms in total. The van der Waals surface area contributed by atoms with Crippen molar-refractivity contribution in [3.05, 3.63) is 97.1 Å². The maximum atomic E-state index is 6.45. The molecule has 2 aromatic carbocycles. The van der Waals surface area contributed by atoms with E-state index in [1.54, 1.807) is 12.2 Å². The van der Waals surface area contributed by atoms with Gasteiger partial charge in [0.05, 0.1) is 26.4 Å². The van der Waals surface area contributed by atoms with E-state index in [2.05, 4.69) is 13.2 Å². The van der Waals surface area contributed by atoms with Crippen LogP contribution >= 0.6 is 0 Å². The Kier molecular flexibility index (Phi) is 8.23. The van der Waals surface area contributed by atoms with Crippen molar-refractivity contribution < 1.29 is 28.4 Å². The summed E-state index contributed by atoms with van der Waals surface area (Å²) in [5, 5.41) is 0. The summed E-state index contributed by atoms with van der Waals surface area (Å²) < 4.78 is 36.9. The predicted molar refractivity (Wildman–Crippen MR) is 120 cm³/mol. The van der Waals surface area contributed by atoms with Gasteiger partial charge in [0.1, 0.15) is 24.4 Å². The van der Waals surface area contributed by atoms with Gasteiger partial charge in [0.15, 0.2) is 12.6 Å². The van der Waals surface area contributed by atoms with Crippen molar-refractivity contribution in [2.45, 2.75) is 37.0 Å². The average molecular weight is 439 g/mol. The molecule has 170 valence electrons. The Bertz CT molecular complexity index is 770. The third-order valence-corrected chi connectivity index (χ3v) is 5.44. The fraction of sp³-hybridized carbons (Fsp3) is 0.385. The SMILES string of the molecule is C=CCO[C@H]1CO[C@@H](c2ccccc2)O[C@H]1[C@H]1O[C@@H](c2ccccc2)OC[C@H]1OCC=C. The van der Waals surface area contributed by atoms with E-state index in [9.17, 15) is 0 Å². The highest BCUT2D eigenvalue weighted by atomic mass is 16.7. The Morgan fingerprint density at radius 2 is 1.09 bits per heavy atom. The zero-order chi connectivity index (χ0) is 22.2. The monoisotopic (exact) mass is 438 g/mol. The summed E-state index contributed by atoms with van der Waals surface area (Å²) >= 11 is 0. The van der Waals surface area contributed by atoms with E-state index >= 15 is 0 Å². The van der Waals surface area contributed by atoms with E-state index in [-0.39, 0.29) is 12.2 Å². The van der Waals surface area contributed by atoms with Crippen LogP contribution in [0.1, 0.15) is 23.7 Å². The summed E-state index contributed by atoms with van der Waals surface area (Å²) in [6, 6.07) is 19.7. The predicted octanol–water partition coefficient (Wildman–Crippen LogP) is 4.36. The number of hydrogen-bond donors (Lipinski definition) is 0. The van der Waals surface area contributed by atoms with Crippen molar-refractivity contribution in [3.63, 3.8) is 0 Å². The second-order valence-electron chi connectivity index (χ2n) is 7.67. The standard InChI is InChI=1S/C26H30O6/c1-3-15-27-21-17-29-25(19-11-7-5-8-12-19)31-23(21)24-22(28-16-4-2)18-30-26(32-24)20-13-9-6-10-14-20/h3-14,21-26H,1-2,15-18H2/t21-,22+,23+,24-,25+,26-. The molecule has 0 amide bonds. The van der Waals surface area contributed by atoms with Gasteiger partial charge in [-0.05, 0) is 0 Å². The first-order valence-corrected chi connectivity index (χ1v) is 10.9. The fourth-order valence-corrected chi connectivity index (χ4v) is 3.91. The Balaban J connectivity index is 1.59. The smallest absolute Gasteiger partial charge is 0.184 e. The molecule has 4 rings (SSSR count). The molecule has 0 aromatic heterocycles. The van der Waals surface area contributed by atoms with Crippen molar-refractivity contribution >= 4 is 0 Å². The molecule has 6 heteroatoms. The second-order valence-corrected chi connectivity index (χ2v) is 7.67. The normalized spacial score (nSPS) is 30.5. The van der Waals surface area contributed by atoms with Crippen molar-refractivity contribution in [1.82, 2.24) is 0 Å². The quantitative estimate of drug-likeness (QED) is 0.543. The first-order valence-electron chi connectivity index (χ1n) is 10.9. The molecule has 6 atom stereocenters. The van der Waals surface area contributed by atoms with Gasteiger partial charge in [0.25, 0.3) is 0 Å². The molecular formula is C26H30O6. The van der Waals surface area contributed by atoms with Gasteiger partial charge in [-0.15, -0.1) is 13.2 Å². The van der Waals surface area contributed by atoms with Crippen LogP contribution in [0.15, 0.2) is 86.0 Å². The summed E-state index contributed by atoms with van der Waals surface area (Å²) in [6.45, 7) is 9.01. The molecule has 0 saturated carbocycles. The highest BCUT2D eigenvalue weighted by molar-refractivity contribution is 5.18. The van der Waals surface area contributed by atoms with Crippen LogP contribution in [0.4, 0.5) is 0 Å². The molecule has 2 aliphatic heterocycles. The molecule has 0 bridgehead atoms. The largest absolute Gasteiger partial charge is 0.369 e. The van der Waals surface area contributed by atoms with Crippen molar-refractivity contribution in [3.8, 4) is 0 Å². The van der Waals surface area contributed by atoms with E-state index in [0.717, 1.165) is 11.1 Å². The van der Waals surface area contributed by atoms with Gasteiger partial charge >= 0.3 is 0 Å². The van der Waals surface area contributed by atoms with E-state index in [1.165, 1.54) is 0 Å². The van der Waals surface area contributed by atoms with Crippen LogP contribution in [-0.2, 0) is 28.4 Å². The Labute approximate surface area is 189 Å². The molecule has 0 spiro atoms. The summed E-state index contributed by atoms with van der Waals surface area (Å²) in [5.41, 5.74) is 1.88. The lowest BCUT2D eigenvalue weighted by molar-refractivity contribution is -0.338. The third kappa shape index (κ3) is 5.53.